The summed E-state index contributed by atoms with van der Waals surface area (Å²) in [6.07, 6.45) is 34.9. The molecule has 2 atom stereocenters. The van der Waals surface area contributed by atoms with Crippen molar-refractivity contribution in [3.8, 4) is 0 Å². The summed E-state index contributed by atoms with van der Waals surface area (Å²) in [5.74, 6) is 0. The second kappa shape index (κ2) is 20.9. The molecule has 0 bridgehead atoms. The molecule has 0 spiro atoms. The molecule has 0 N–H and O–H groups in total. The smallest absolute Gasteiger partial charge is 1.00 e. The van der Waals surface area contributed by atoms with Crippen LogP contribution in [-0.2, 0) is 22.9 Å². The van der Waals surface area contributed by atoms with E-state index in [1.807, 2.05) is 10.6 Å². The van der Waals surface area contributed by atoms with E-state index in [4.69, 9.17) is 0 Å². The minimum atomic E-state index is -1.19. The van der Waals surface area contributed by atoms with Crippen molar-refractivity contribution in [2.75, 3.05) is 12.3 Å². The predicted octanol–water partition coefficient (Wildman–Crippen LogP) is 8.06. The molecular formula is C42H60Cl2HfP2. The Labute approximate surface area is 315 Å². The molecule has 2 saturated carbocycles. The Balaban J connectivity index is 0.00000250. The summed E-state index contributed by atoms with van der Waals surface area (Å²) in [6, 6.07) is 19.5. The first-order valence-electron chi connectivity index (χ1n) is 19.2. The zero-order valence-electron chi connectivity index (χ0n) is 29.4. The third-order valence-corrected chi connectivity index (χ3v) is 26.3. The number of rotatable bonds is 16. The van der Waals surface area contributed by atoms with E-state index in [9.17, 15) is 0 Å². The maximum Gasteiger partial charge on any atom is -1.00 e. The molecule has 47 heavy (non-hydrogen) atoms. The number of hydrogen-bond donors (Lipinski definition) is 0. The Bertz CT molecular complexity index is 1250. The van der Waals surface area contributed by atoms with Gasteiger partial charge in [-0.05, 0) is 0 Å². The Morgan fingerprint density at radius 3 is 1.49 bits per heavy atom. The fraction of sp³-hybridized carbons (Fsp3) is 0.619. The van der Waals surface area contributed by atoms with Crippen LogP contribution >= 0.6 is 15.8 Å². The molecule has 256 valence electrons. The van der Waals surface area contributed by atoms with Gasteiger partial charge in [-0.25, -0.2) is 0 Å². The van der Waals surface area contributed by atoms with Gasteiger partial charge in [0.2, 0.25) is 0 Å². The first kappa shape index (κ1) is 40.0. The topological polar surface area (TPSA) is 0 Å². The van der Waals surface area contributed by atoms with Gasteiger partial charge in [-0.3, -0.25) is 0 Å². The van der Waals surface area contributed by atoms with Crippen molar-refractivity contribution < 1.29 is 47.7 Å². The first-order valence-corrected chi connectivity index (χ1v) is 26.5. The molecule has 2 aromatic carbocycles. The van der Waals surface area contributed by atoms with Gasteiger partial charge >= 0.3 is 293 Å². The summed E-state index contributed by atoms with van der Waals surface area (Å²) in [6.45, 7) is 4.74. The van der Waals surface area contributed by atoms with Crippen LogP contribution in [-0.4, -0.2) is 23.6 Å². The number of benzene rings is 2. The summed E-state index contributed by atoms with van der Waals surface area (Å²) in [4.78, 5) is 0. The number of halogens is 2. The van der Waals surface area contributed by atoms with Gasteiger partial charge in [-0.1, -0.05) is 0 Å². The standard InChI is InChI=1S/C21H28P.C21H32P.2ClH.Hf/c1-3-11-19(12-4-1)22(20-13-5-2-6-14-20)21-15-17-9-7-8-10-18(17)16-21;1-3-5-7-11-15-22(16-12-8-6-4-2)21-17-19-13-9-10-14-20(19)18-21;;;/h7-10,15-16,19-20H,1-6,11-14H2;9-10,13-14,17-18H,3-8,11-12,15-16H2,1-2H3;2*1H;/q;;;;+2/p-2. The van der Waals surface area contributed by atoms with Crippen LogP contribution in [0.25, 0.3) is 12.2 Å². The van der Waals surface area contributed by atoms with Gasteiger partial charge in [-0.2, -0.15) is 0 Å². The van der Waals surface area contributed by atoms with Crippen LogP contribution in [0.15, 0.2) is 59.2 Å². The zero-order valence-corrected chi connectivity index (χ0v) is 36.3. The predicted molar refractivity (Wildman–Crippen MR) is 200 cm³/mol. The van der Waals surface area contributed by atoms with E-state index in [0.29, 0.717) is 0 Å². The van der Waals surface area contributed by atoms with Crippen molar-refractivity contribution in [1.29, 1.82) is 0 Å². The molecule has 0 saturated heterocycles. The average molecular weight is 876 g/mol. The van der Waals surface area contributed by atoms with Crippen LogP contribution in [0.2, 0.25) is 0 Å². The minimum Gasteiger partial charge on any atom is -1.00 e. The van der Waals surface area contributed by atoms with Crippen LogP contribution in [0.4, 0.5) is 0 Å². The van der Waals surface area contributed by atoms with E-state index < -0.39 is 22.9 Å². The van der Waals surface area contributed by atoms with E-state index in [2.05, 4.69) is 74.5 Å². The summed E-state index contributed by atoms with van der Waals surface area (Å²) in [5.41, 5.74) is 8.72. The fourth-order valence-electron chi connectivity index (χ4n) is 8.90. The van der Waals surface area contributed by atoms with E-state index in [-0.39, 0.29) is 40.7 Å². The van der Waals surface area contributed by atoms with Gasteiger partial charge in [0.1, 0.15) is 0 Å². The summed E-state index contributed by atoms with van der Waals surface area (Å²) in [7, 11) is -0.0591. The molecule has 0 aromatic heterocycles. The van der Waals surface area contributed by atoms with Crippen LogP contribution < -0.4 is 24.8 Å². The summed E-state index contributed by atoms with van der Waals surface area (Å²) >= 11 is -1.19. The van der Waals surface area contributed by atoms with Crippen LogP contribution in [0.5, 0.6) is 0 Å². The molecule has 0 aliphatic heterocycles. The zero-order chi connectivity index (χ0) is 30.8. The van der Waals surface area contributed by atoms with Crippen molar-refractivity contribution in [2.24, 2.45) is 0 Å². The molecule has 0 amide bonds. The van der Waals surface area contributed by atoms with E-state index >= 15 is 0 Å². The Morgan fingerprint density at radius 1 is 0.553 bits per heavy atom. The Kier molecular flexibility index (Phi) is 17.8. The normalized spacial score (nSPS) is 21.0. The van der Waals surface area contributed by atoms with Crippen molar-refractivity contribution in [3.05, 3.63) is 81.4 Å². The van der Waals surface area contributed by atoms with Gasteiger partial charge in [-0.15, -0.1) is 0 Å². The summed E-state index contributed by atoms with van der Waals surface area (Å²) in [5, 5.41) is 3.98. The van der Waals surface area contributed by atoms with Crippen molar-refractivity contribution in [3.63, 3.8) is 0 Å². The molecule has 0 heterocycles. The molecular weight excluding hydrogens is 816 g/mol. The van der Waals surface area contributed by atoms with Crippen LogP contribution in [0.3, 0.4) is 0 Å². The molecule has 2 aromatic rings. The van der Waals surface area contributed by atoms with Gasteiger partial charge in [0, 0.05) is 0 Å². The number of unbranched alkanes of at least 4 members (excludes halogenated alkanes) is 6. The van der Waals surface area contributed by atoms with Crippen LogP contribution in [0, 0.1) is 0 Å². The Morgan fingerprint density at radius 2 is 1.00 bits per heavy atom. The second-order valence-corrected chi connectivity index (χ2v) is 25.2. The van der Waals surface area contributed by atoms with Gasteiger partial charge in [0.15, 0.2) is 0 Å². The fourth-order valence-corrected chi connectivity index (χ4v) is 26.7. The number of fused-ring (bicyclic) bond motifs is 2. The van der Waals surface area contributed by atoms with Gasteiger partial charge < -0.3 is 24.8 Å². The van der Waals surface area contributed by atoms with E-state index in [0.717, 1.165) is 18.7 Å². The minimum absolute atomic E-state index is 0. The quantitative estimate of drug-likeness (QED) is 0.0911. The molecule has 2 unspecified atom stereocenters. The molecule has 4 aliphatic carbocycles. The molecule has 2 fully saturated rings. The van der Waals surface area contributed by atoms with Crippen molar-refractivity contribution in [2.45, 2.75) is 148 Å². The number of allylic oxidation sites excluding steroid dienone is 2. The van der Waals surface area contributed by atoms with Gasteiger partial charge in [0.25, 0.3) is 0 Å². The number of hydrogen-bond acceptors (Lipinski definition) is 0. The molecule has 6 rings (SSSR count). The van der Waals surface area contributed by atoms with E-state index in [1.54, 1.807) is 22.3 Å². The molecule has 0 radical (unpaired) electrons. The largest absolute Gasteiger partial charge is 1.00 e. The average Bonchev–Trinajstić information content (AvgIpc) is 3.63. The third-order valence-electron chi connectivity index (χ3n) is 11.3. The maximum atomic E-state index is 2.82. The molecule has 4 aliphatic rings. The van der Waals surface area contributed by atoms with E-state index in [1.165, 1.54) is 128 Å². The van der Waals surface area contributed by atoms with Crippen LogP contribution in [0.1, 0.15) is 159 Å². The molecule has 5 heteroatoms. The maximum absolute atomic E-state index is 2.82. The molecule has 0 nitrogen and oxygen atoms in total. The van der Waals surface area contributed by atoms with Crippen molar-refractivity contribution >= 4 is 28.0 Å². The van der Waals surface area contributed by atoms with Crippen molar-refractivity contribution in [1.82, 2.24) is 0 Å². The Hall–Kier alpha value is 0.230. The monoisotopic (exact) mass is 876 g/mol. The summed E-state index contributed by atoms with van der Waals surface area (Å²) < 4.78 is 1.62. The first-order chi connectivity index (χ1) is 22.3. The second-order valence-electron chi connectivity index (χ2n) is 14.5. The SMILES string of the molecule is CCCCCCP(CCCCCC)C1=Cc2ccccc2[CH]1[Hf+2][CH]1C(P(C2CCCCC2)C2CCCCC2)=Cc2ccccc21.[Cl-].[Cl-]. The third kappa shape index (κ3) is 10.2. The van der Waals surface area contributed by atoms with Gasteiger partial charge in [0.05, 0.1) is 0 Å².